The van der Waals surface area contributed by atoms with Crippen molar-refractivity contribution in [3.05, 3.63) is 34.7 Å². The second-order valence-corrected chi connectivity index (χ2v) is 7.89. The zero-order chi connectivity index (χ0) is 17.2. The Hall–Kier alpha value is -1.79. The molecule has 0 atom stereocenters. The first-order valence-corrected chi connectivity index (χ1v) is 10.7. The molecule has 130 valence electrons. The average molecular weight is 372 g/mol. The average Bonchev–Trinajstić information content (AvgIpc) is 3.02. The van der Waals surface area contributed by atoms with Crippen molar-refractivity contribution in [3.63, 3.8) is 0 Å². The van der Waals surface area contributed by atoms with E-state index in [1.807, 2.05) is 48.8 Å². The summed E-state index contributed by atoms with van der Waals surface area (Å²) in [7, 11) is 0. The summed E-state index contributed by atoms with van der Waals surface area (Å²) in [6, 6.07) is 8.05. The molecule has 0 saturated carbocycles. The third-order valence-corrected chi connectivity index (χ3v) is 6.14. The number of aromatic nitrogens is 2. The fourth-order valence-electron chi connectivity index (χ4n) is 3.26. The lowest BCUT2D eigenvalue weighted by molar-refractivity contribution is 0.340. The molecule has 0 unspecified atom stereocenters. The second-order valence-electron chi connectivity index (χ2n) is 6.03. The van der Waals surface area contributed by atoms with Crippen molar-refractivity contribution in [3.8, 4) is 5.75 Å². The van der Waals surface area contributed by atoms with Gasteiger partial charge in [0.15, 0.2) is 5.16 Å². The summed E-state index contributed by atoms with van der Waals surface area (Å²) in [4.78, 5) is 12.1. The number of nitrogens with one attached hydrogen (secondary N) is 1. The summed E-state index contributed by atoms with van der Waals surface area (Å²) in [5, 5.41) is 5.55. The lowest BCUT2D eigenvalue weighted by atomic mass is 9.97. The van der Waals surface area contributed by atoms with Gasteiger partial charge in [0, 0.05) is 10.6 Å². The van der Waals surface area contributed by atoms with E-state index in [-0.39, 0.29) is 0 Å². The molecule has 3 aromatic rings. The van der Waals surface area contributed by atoms with Crippen LogP contribution in [0.3, 0.4) is 0 Å². The van der Waals surface area contributed by atoms with Crippen LogP contribution in [0.1, 0.15) is 30.2 Å². The number of thioether (sulfide) groups is 1. The van der Waals surface area contributed by atoms with E-state index >= 15 is 0 Å². The normalized spacial score (nSPS) is 13.7. The number of hydrogen-bond acceptors (Lipinski definition) is 6. The zero-order valence-electron chi connectivity index (χ0n) is 14.5. The molecule has 2 aromatic heterocycles. The van der Waals surface area contributed by atoms with E-state index in [2.05, 4.69) is 5.32 Å². The minimum Gasteiger partial charge on any atom is -0.494 e. The van der Waals surface area contributed by atoms with Gasteiger partial charge in [-0.05, 0) is 68.7 Å². The Bertz CT molecular complexity index is 890. The van der Waals surface area contributed by atoms with E-state index in [0.29, 0.717) is 6.61 Å². The van der Waals surface area contributed by atoms with E-state index in [4.69, 9.17) is 14.7 Å². The topological polar surface area (TPSA) is 47.0 Å². The quantitative estimate of drug-likeness (QED) is 0.478. The SMILES string of the molecule is CCOc1ccc(Nc2nc(SC)nc3sc4c(c23)CCCC4)cc1. The predicted octanol–water partition coefficient (Wildman–Crippen LogP) is 5.43. The smallest absolute Gasteiger partial charge is 0.190 e. The summed E-state index contributed by atoms with van der Waals surface area (Å²) < 4.78 is 5.52. The summed E-state index contributed by atoms with van der Waals surface area (Å²) in [5.74, 6) is 1.82. The van der Waals surface area contributed by atoms with E-state index in [0.717, 1.165) is 33.7 Å². The van der Waals surface area contributed by atoms with Gasteiger partial charge in [0.05, 0.1) is 12.0 Å². The molecule has 0 saturated heterocycles. The Morgan fingerprint density at radius 2 is 1.96 bits per heavy atom. The van der Waals surface area contributed by atoms with Crippen LogP contribution in [0.5, 0.6) is 5.75 Å². The molecule has 0 aliphatic heterocycles. The number of benzene rings is 1. The van der Waals surface area contributed by atoms with Gasteiger partial charge in [-0.15, -0.1) is 11.3 Å². The molecule has 1 aliphatic carbocycles. The van der Waals surface area contributed by atoms with Crippen molar-refractivity contribution in [2.24, 2.45) is 0 Å². The first kappa shape index (κ1) is 16.7. The molecule has 1 aliphatic rings. The van der Waals surface area contributed by atoms with Crippen LogP contribution in [-0.4, -0.2) is 22.8 Å². The van der Waals surface area contributed by atoms with Crippen LogP contribution in [0.15, 0.2) is 29.4 Å². The standard InChI is InChI=1S/C19H21N3OS2/c1-3-23-13-10-8-12(9-11-13)20-17-16-14-6-4-5-7-15(14)25-18(16)22-19(21-17)24-2/h8-11H,3-7H2,1-2H3,(H,20,21,22). The molecule has 6 heteroatoms. The van der Waals surface area contributed by atoms with Gasteiger partial charge in [0.1, 0.15) is 16.4 Å². The predicted molar refractivity (Wildman–Crippen MR) is 107 cm³/mol. The fraction of sp³-hybridized carbons (Fsp3) is 0.368. The molecule has 1 N–H and O–H groups in total. The molecule has 1 aromatic carbocycles. The molecule has 4 rings (SSSR count). The van der Waals surface area contributed by atoms with Gasteiger partial charge in [0.25, 0.3) is 0 Å². The highest BCUT2D eigenvalue weighted by Crippen LogP contribution is 2.40. The highest BCUT2D eigenvalue weighted by Gasteiger charge is 2.21. The lowest BCUT2D eigenvalue weighted by Crippen LogP contribution is -2.02. The second kappa shape index (κ2) is 7.22. The fourth-order valence-corrected chi connectivity index (χ4v) is 4.94. The molecule has 0 bridgehead atoms. The van der Waals surface area contributed by atoms with Crippen molar-refractivity contribution in [1.29, 1.82) is 0 Å². The summed E-state index contributed by atoms with van der Waals surface area (Å²) >= 11 is 3.43. The van der Waals surface area contributed by atoms with Gasteiger partial charge in [-0.2, -0.15) is 0 Å². The van der Waals surface area contributed by atoms with Gasteiger partial charge < -0.3 is 10.1 Å². The summed E-state index contributed by atoms with van der Waals surface area (Å²) in [6.45, 7) is 2.67. The number of aryl methyl sites for hydroxylation is 2. The molecule has 2 heterocycles. The number of ether oxygens (including phenoxy) is 1. The number of nitrogens with zero attached hydrogens (tertiary/aromatic N) is 2. The van der Waals surface area contributed by atoms with Crippen LogP contribution in [0, 0.1) is 0 Å². The summed E-state index contributed by atoms with van der Waals surface area (Å²) in [5.41, 5.74) is 2.47. The van der Waals surface area contributed by atoms with Gasteiger partial charge in [-0.1, -0.05) is 11.8 Å². The summed E-state index contributed by atoms with van der Waals surface area (Å²) in [6.07, 6.45) is 6.87. The Kier molecular flexibility index (Phi) is 4.81. The van der Waals surface area contributed by atoms with Crippen molar-refractivity contribution >= 4 is 44.8 Å². The number of hydrogen-bond donors (Lipinski definition) is 1. The van der Waals surface area contributed by atoms with Crippen LogP contribution in [0.2, 0.25) is 0 Å². The Labute approximate surface area is 156 Å². The van der Waals surface area contributed by atoms with E-state index in [1.54, 1.807) is 11.8 Å². The molecule has 25 heavy (non-hydrogen) atoms. The van der Waals surface area contributed by atoms with Crippen molar-refractivity contribution < 1.29 is 4.74 Å². The van der Waals surface area contributed by atoms with Crippen LogP contribution in [0.4, 0.5) is 11.5 Å². The van der Waals surface area contributed by atoms with Crippen molar-refractivity contribution in [1.82, 2.24) is 9.97 Å². The highest BCUT2D eigenvalue weighted by molar-refractivity contribution is 7.98. The highest BCUT2D eigenvalue weighted by atomic mass is 32.2. The largest absolute Gasteiger partial charge is 0.494 e. The van der Waals surface area contributed by atoms with E-state index < -0.39 is 0 Å². The first-order valence-electron chi connectivity index (χ1n) is 8.64. The maximum Gasteiger partial charge on any atom is 0.190 e. The van der Waals surface area contributed by atoms with Gasteiger partial charge in [0.2, 0.25) is 0 Å². The maximum atomic E-state index is 5.52. The number of anilines is 2. The molecule has 4 nitrogen and oxygen atoms in total. The van der Waals surface area contributed by atoms with Crippen molar-refractivity contribution in [2.45, 2.75) is 37.8 Å². The molecule has 0 fully saturated rings. The minimum atomic E-state index is 0.678. The first-order chi connectivity index (χ1) is 12.3. The Morgan fingerprint density at radius 3 is 2.72 bits per heavy atom. The Morgan fingerprint density at radius 1 is 1.16 bits per heavy atom. The van der Waals surface area contributed by atoms with Crippen LogP contribution in [-0.2, 0) is 12.8 Å². The van der Waals surface area contributed by atoms with E-state index in [9.17, 15) is 0 Å². The maximum absolute atomic E-state index is 5.52. The number of fused-ring (bicyclic) bond motifs is 3. The monoisotopic (exact) mass is 371 g/mol. The minimum absolute atomic E-state index is 0.678. The third-order valence-electron chi connectivity index (χ3n) is 4.40. The zero-order valence-corrected chi connectivity index (χ0v) is 16.1. The van der Waals surface area contributed by atoms with E-state index in [1.165, 1.54) is 35.1 Å². The lowest BCUT2D eigenvalue weighted by Gasteiger charge is -2.13. The van der Waals surface area contributed by atoms with Gasteiger partial charge >= 0.3 is 0 Å². The number of thiophene rings is 1. The third kappa shape index (κ3) is 3.33. The molecular weight excluding hydrogens is 350 g/mol. The molecule has 0 amide bonds. The van der Waals surface area contributed by atoms with Gasteiger partial charge in [-0.3, -0.25) is 0 Å². The number of rotatable bonds is 5. The van der Waals surface area contributed by atoms with Gasteiger partial charge in [-0.25, -0.2) is 9.97 Å². The van der Waals surface area contributed by atoms with Crippen LogP contribution < -0.4 is 10.1 Å². The van der Waals surface area contributed by atoms with Crippen LogP contribution >= 0.6 is 23.1 Å². The van der Waals surface area contributed by atoms with Crippen molar-refractivity contribution in [2.75, 3.05) is 18.2 Å². The van der Waals surface area contributed by atoms with Crippen LogP contribution in [0.25, 0.3) is 10.2 Å². The molecular formula is C19H21N3OS2. The molecule has 0 radical (unpaired) electrons. The molecule has 0 spiro atoms. The Balaban J connectivity index is 1.75.